The third-order valence-corrected chi connectivity index (χ3v) is 8.21. The van der Waals surface area contributed by atoms with E-state index >= 15 is 0 Å². The smallest absolute Gasteiger partial charge is 0.271 e. The number of thiazole rings is 1. The molecule has 0 aliphatic rings. The lowest BCUT2D eigenvalue weighted by Crippen LogP contribution is -2.21. The molecule has 0 saturated carbocycles. The highest BCUT2D eigenvalue weighted by Gasteiger charge is 2.14. The summed E-state index contributed by atoms with van der Waals surface area (Å²) in [5.74, 6) is 0.250. The Labute approximate surface area is 278 Å². The number of hydrogen-bond donors (Lipinski definition) is 3. The van der Waals surface area contributed by atoms with Crippen molar-refractivity contribution in [1.82, 2.24) is 10.4 Å². The highest BCUT2D eigenvalue weighted by atomic mass is 127. The summed E-state index contributed by atoms with van der Waals surface area (Å²) in [4.78, 5) is 29.8. The average Bonchev–Trinajstić information content (AvgIpc) is 3.51. The van der Waals surface area contributed by atoms with Crippen molar-refractivity contribution in [3.63, 3.8) is 0 Å². The highest BCUT2D eigenvalue weighted by Crippen LogP contribution is 2.34. The van der Waals surface area contributed by atoms with E-state index in [9.17, 15) is 9.59 Å². The minimum atomic E-state index is -0.348. The number of hydrogen-bond acceptors (Lipinski definition) is 8. The van der Waals surface area contributed by atoms with Gasteiger partial charge in [0, 0.05) is 27.9 Å². The molecule has 0 spiro atoms. The molecular weight excluding hydrogens is 701 g/mol. The van der Waals surface area contributed by atoms with Crippen LogP contribution >= 0.6 is 33.9 Å². The number of aromatic nitrogens is 1. The molecule has 0 bridgehead atoms. The monoisotopic (exact) mass is 731 g/mol. The largest absolute Gasteiger partial charge is 0.493 e. The first-order chi connectivity index (χ1) is 21.8. The molecule has 0 atom stereocenters. The SMILES string of the molecule is COc1cc(/C=N/NC(=O)c2ccc(-c3csc(Nc4ccc(C)cc4)n3)cc2)cc(I)c1OCC(=O)Nc1ccccc1C. The standard InChI is InChI=1S/C34H30IN5O4S/c1-21-8-14-26(15-9-21)37-34-39-29(20-45-34)24-10-12-25(13-11-24)33(42)40-36-18-23-16-27(35)32(30(17-23)43-3)44-19-31(41)38-28-7-5-4-6-22(28)2/h4-18,20H,19H2,1-3H3,(H,37,39)(H,38,41)(H,40,42)/b36-18+. The van der Waals surface area contributed by atoms with Crippen LogP contribution in [0.4, 0.5) is 16.5 Å². The topological polar surface area (TPSA) is 114 Å². The first kappa shape index (κ1) is 31.7. The Morgan fingerprint density at radius 2 is 1.76 bits per heavy atom. The molecule has 1 aromatic heterocycles. The van der Waals surface area contributed by atoms with E-state index < -0.39 is 0 Å². The van der Waals surface area contributed by atoms with Gasteiger partial charge < -0.3 is 20.1 Å². The maximum atomic E-state index is 12.7. The predicted octanol–water partition coefficient (Wildman–Crippen LogP) is 7.57. The van der Waals surface area contributed by atoms with Crippen LogP contribution in [0, 0.1) is 17.4 Å². The Morgan fingerprint density at radius 3 is 2.49 bits per heavy atom. The Kier molecular flexibility index (Phi) is 10.4. The van der Waals surface area contributed by atoms with Gasteiger partial charge >= 0.3 is 0 Å². The van der Waals surface area contributed by atoms with E-state index in [2.05, 4.69) is 48.7 Å². The van der Waals surface area contributed by atoms with Crippen LogP contribution in [0.5, 0.6) is 11.5 Å². The van der Waals surface area contributed by atoms with Crippen molar-refractivity contribution in [3.8, 4) is 22.8 Å². The molecule has 0 fully saturated rings. The molecule has 228 valence electrons. The van der Waals surface area contributed by atoms with Crippen molar-refractivity contribution in [3.05, 3.63) is 116 Å². The zero-order valence-electron chi connectivity index (χ0n) is 24.8. The van der Waals surface area contributed by atoms with Crippen LogP contribution < -0.4 is 25.5 Å². The quantitative estimate of drug-likeness (QED) is 0.0735. The van der Waals surface area contributed by atoms with Crippen LogP contribution in [0.25, 0.3) is 11.3 Å². The number of rotatable bonds is 11. The van der Waals surface area contributed by atoms with E-state index in [4.69, 9.17) is 9.47 Å². The number of para-hydroxylation sites is 1. The molecule has 11 heteroatoms. The second kappa shape index (κ2) is 14.8. The van der Waals surface area contributed by atoms with E-state index in [1.807, 2.05) is 86.0 Å². The summed E-state index contributed by atoms with van der Waals surface area (Å²) in [5, 5.41) is 13.0. The summed E-state index contributed by atoms with van der Waals surface area (Å²) in [5.41, 5.74) is 9.30. The van der Waals surface area contributed by atoms with Gasteiger partial charge in [0.05, 0.1) is 22.6 Å². The van der Waals surface area contributed by atoms with Gasteiger partial charge in [-0.15, -0.1) is 11.3 Å². The normalized spacial score (nSPS) is 10.8. The summed E-state index contributed by atoms with van der Waals surface area (Å²) >= 11 is 3.62. The van der Waals surface area contributed by atoms with E-state index in [1.165, 1.54) is 30.2 Å². The third kappa shape index (κ3) is 8.46. The average molecular weight is 732 g/mol. The number of methoxy groups -OCH3 is 1. The van der Waals surface area contributed by atoms with Crippen LogP contribution in [0.1, 0.15) is 27.0 Å². The van der Waals surface area contributed by atoms with Crippen LogP contribution in [0.15, 0.2) is 95.4 Å². The van der Waals surface area contributed by atoms with Gasteiger partial charge in [-0.25, -0.2) is 10.4 Å². The number of aryl methyl sites for hydroxylation is 2. The second-order valence-corrected chi connectivity index (χ2v) is 12.0. The van der Waals surface area contributed by atoms with Crippen LogP contribution in [-0.4, -0.2) is 36.7 Å². The molecule has 45 heavy (non-hydrogen) atoms. The predicted molar refractivity (Wildman–Crippen MR) is 188 cm³/mol. The van der Waals surface area contributed by atoms with Crippen molar-refractivity contribution in [2.24, 2.45) is 5.10 Å². The lowest BCUT2D eigenvalue weighted by Gasteiger charge is -2.14. The number of nitrogens with one attached hydrogen (secondary N) is 3. The maximum Gasteiger partial charge on any atom is 0.271 e. The molecule has 9 nitrogen and oxygen atoms in total. The molecule has 0 saturated heterocycles. The maximum absolute atomic E-state index is 12.7. The van der Waals surface area contributed by atoms with E-state index in [0.717, 1.165) is 36.9 Å². The van der Waals surface area contributed by atoms with E-state index in [-0.39, 0.29) is 18.4 Å². The van der Waals surface area contributed by atoms with Gasteiger partial charge in [-0.3, -0.25) is 9.59 Å². The Balaban J connectivity index is 1.16. The molecule has 0 aliphatic heterocycles. The van der Waals surface area contributed by atoms with Gasteiger partial charge in [-0.1, -0.05) is 48.0 Å². The molecule has 0 unspecified atom stereocenters. The summed E-state index contributed by atoms with van der Waals surface area (Å²) in [6, 6.07) is 26.4. The van der Waals surface area contributed by atoms with Crippen LogP contribution in [0.3, 0.4) is 0 Å². The summed E-state index contributed by atoms with van der Waals surface area (Å²) < 4.78 is 12.0. The summed E-state index contributed by atoms with van der Waals surface area (Å²) in [6.07, 6.45) is 1.52. The minimum Gasteiger partial charge on any atom is -0.493 e. The number of carbonyl (C=O) groups is 2. The van der Waals surface area contributed by atoms with Gasteiger partial charge in [0.15, 0.2) is 23.2 Å². The van der Waals surface area contributed by atoms with Crippen molar-refractivity contribution in [2.75, 3.05) is 24.4 Å². The summed E-state index contributed by atoms with van der Waals surface area (Å²) in [6.45, 7) is 3.79. The molecule has 1 heterocycles. The Bertz CT molecular complexity index is 1840. The van der Waals surface area contributed by atoms with E-state index in [1.54, 1.807) is 18.2 Å². The molecule has 5 aromatic rings. The number of hydrazone groups is 1. The fourth-order valence-corrected chi connectivity index (χ4v) is 5.76. The first-order valence-electron chi connectivity index (χ1n) is 13.9. The molecule has 2 amide bonds. The Hall–Kier alpha value is -4.75. The molecule has 0 radical (unpaired) electrons. The van der Waals surface area contributed by atoms with Crippen molar-refractivity contribution in [1.29, 1.82) is 0 Å². The zero-order valence-corrected chi connectivity index (χ0v) is 27.7. The second-order valence-electron chi connectivity index (χ2n) is 9.99. The Morgan fingerprint density at radius 1 is 1.00 bits per heavy atom. The fraction of sp³-hybridized carbons (Fsp3) is 0.118. The van der Waals surface area contributed by atoms with Gasteiger partial charge in [0.25, 0.3) is 11.8 Å². The minimum absolute atomic E-state index is 0.184. The van der Waals surface area contributed by atoms with Gasteiger partial charge in [-0.05, 0) is 90.0 Å². The van der Waals surface area contributed by atoms with Crippen molar-refractivity contribution in [2.45, 2.75) is 13.8 Å². The number of nitrogens with zero attached hydrogens (tertiary/aromatic N) is 2. The summed E-state index contributed by atoms with van der Waals surface area (Å²) in [7, 11) is 1.52. The first-order valence-corrected chi connectivity index (χ1v) is 15.8. The number of amides is 2. The number of carbonyl (C=O) groups excluding carboxylic acids is 2. The fourth-order valence-electron chi connectivity index (χ4n) is 4.24. The number of anilines is 3. The van der Waals surface area contributed by atoms with Gasteiger partial charge in [0.2, 0.25) is 0 Å². The lowest BCUT2D eigenvalue weighted by molar-refractivity contribution is -0.118. The molecule has 4 aromatic carbocycles. The molecule has 3 N–H and O–H groups in total. The molecule has 5 rings (SSSR count). The molecular formula is C34H30IN5O4S. The zero-order chi connectivity index (χ0) is 31.8. The number of ether oxygens (including phenoxy) is 2. The van der Waals surface area contributed by atoms with Crippen molar-refractivity contribution >= 4 is 68.5 Å². The third-order valence-electron chi connectivity index (χ3n) is 6.65. The molecule has 0 aliphatic carbocycles. The number of halogens is 1. The highest BCUT2D eigenvalue weighted by molar-refractivity contribution is 14.1. The van der Waals surface area contributed by atoms with Gasteiger partial charge in [0.1, 0.15) is 0 Å². The van der Waals surface area contributed by atoms with Crippen LogP contribution in [-0.2, 0) is 4.79 Å². The van der Waals surface area contributed by atoms with Gasteiger partial charge in [-0.2, -0.15) is 5.10 Å². The lowest BCUT2D eigenvalue weighted by atomic mass is 10.1. The van der Waals surface area contributed by atoms with Crippen molar-refractivity contribution < 1.29 is 19.1 Å². The van der Waals surface area contributed by atoms with E-state index in [0.29, 0.717) is 22.6 Å². The number of benzene rings is 4. The van der Waals surface area contributed by atoms with Crippen LogP contribution in [0.2, 0.25) is 0 Å².